The summed E-state index contributed by atoms with van der Waals surface area (Å²) in [5.74, 6) is 2.74. The van der Waals surface area contributed by atoms with Crippen LogP contribution in [0.4, 0.5) is 5.82 Å². The Morgan fingerprint density at radius 1 is 1.36 bits per heavy atom. The molecular formula is C16H27N3O3. The van der Waals surface area contributed by atoms with E-state index in [9.17, 15) is 0 Å². The highest BCUT2D eigenvalue weighted by Gasteiger charge is 2.22. The lowest BCUT2D eigenvalue weighted by molar-refractivity contribution is 0.103. The van der Waals surface area contributed by atoms with Crippen LogP contribution in [-0.2, 0) is 9.47 Å². The van der Waals surface area contributed by atoms with Gasteiger partial charge >= 0.3 is 0 Å². The van der Waals surface area contributed by atoms with Crippen LogP contribution >= 0.6 is 0 Å². The molecule has 0 radical (unpaired) electrons. The maximum atomic E-state index is 5.68. The van der Waals surface area contributed by atoms with E-state index in [1.807, 2.05) is 6.07 Å². The van der Waals surface area contributed by atoms with Crippen molar-refractivity contribution >= 4 is 5.82 Å². The predicted octanol–water partition coefficient (Wildman–Crippen LogP) is 2.81. The summed E-state index contributed by atoms with van der Waals surface area (Å²) < 4.78 is 16.3. The van der Waals surface area contributed by atoms with E-state index in [0.29, 0.717) is 30.8 Å². The van der Waals surface area contributed by atoms with Gasteiger partial charge in [0.2, 0.25) is 5.88 Å². The van der Waals surface area contributed by atoms with Gasteiger partial charge in [-0.1, -0.05) is 13.8 Å². The molecule has 0 amide bonds. The van der Waals surface area contributed by atoms with E-state index in [-0.39, 0.29) is 6.10 Å². The topological polar surface area (TPSA) is 65.5 Å². The molecule has 1 saturated heterocycles. The van der Waals surface area contributed by atoms with Crippen molar-refractivity contribution < 1.29 is 14.2 Å². The average molecular weight is 309 g/mol. The molecule has 1 unspecified atom stereocenters. The Hall–Kier alpha value is -1.40. The summed E-state index contributed by atoms with van der Waals surface area (Å²) in [6.45, 7) is 7.09. The van der Waals surface area contributed by atoms with E-state index < -0.39 is 0 Å². The molecule has 1 atom stereocenters. The van der Waals surface area contributed by atoms with Crippen LogP contribution in [0.2, 0.25) is 0 Å². The largest absolute Gasteiger partial charge is 0.475 e. The number of nitrogens with zero attached hydrogens (tertiary/aromatic N) is 2. The molecule has 1 N–H and O–H groups in total. The molecule has 1 aliphatic rings. The number of hydrogen-bond acceptors (Lipinski definition) is 6. The first-order valence-electron chi connectivity index (χ1n) is 8.05. The highest BCUT2D eigenvalue weighted by atomic mass is 16.5. The second-order valence-electron chi connectivity index (χ2n) is 5.90. The minimum atomic E-state index is -0.0170. The number of nitrogens with one attached hydrogen (secondary N) is 1. The SMILES string of the molecule is COCCOc1cc(NCCC(C)C)nc(C2CCCO2)n1. The van der Waals surface area contributed by atoms with Crippen LogP contribution in [0.1, 0.15) is 45.0 Å². The molecular weight excluding hydrogens is 282 g/mol. The van der Waals surface area contributed by atoms with Crippen molar-refractivity contribution in [2.45, 2.75) is 39.2 Å². The van der Waals surface area contributed by atoms with Crippen molar-refractivity contribution in [1.82, 2.24) is 9.97 Å². The van der Waals surface area contributed by atoms with Crippen LogP contribution in [0.5, 0.6) is 5.88 Å². The molecule has 1 aliphatic heterocycles. The predicted molar refractivity (Wildman–Crippen MR) is 85.3 cm³/mol. The van der Waals surface area contributed by atoms with Crippen molar-refractivity contribution in [2.75, 3.05) is 38.8 Å². The molecule has 0 spiro atoms. The van der Waals surface area contributed by atoms with Crippen molar-refractivity contribution in [3.05, 3.63) is 11.9 Å². The number of ether oxygens (including phenoxy) is 3. The quantitative estimate of drug-likeness (QED) is 0.708. The second kappa shape index (κ2) is 8.90. The van der Waals surface area contributed by atoms with Crippen LogP contribution in [0, 0.1) is 5.92 Å². The fourth-order valence-corrected chi connectivity index (χ4v) is 2.25. The third kappa shape index (κ3) is 5.42. The lowest BCUT2D eigenvalue weighted by atomic mass is 10.1. The monoisotopic (exact) mass is 309 g/mol. The number of hydrogen-bond donors (Lipinski definition) is 1. The molecule has 6 heteroatoms. The first kappa shape index (κ1) is 17.0. The Balaban J connectivity index is 2.05. The summed E-state index contributed by atoms with van der Waals surface area (Å²) in [4.78, 5) is 9.06. The van der Waals surface area contributed by atoms with Gasteiger partial charge in [-0.25, -0.2) is 4.98 Å². The Morgan fingerprint density at radius 3 is 2.91 bits per heavy atom. The van der Waals surface area contributed by atoms with E-state index >= 15 is 0 Å². The normalized spacial score (nSPS) is 17.9. The molecule has 0 saturated carbocycles. The molecule has 124 valence electrons. The van der Waals surface area contributed by atoms with Gasteiger partial charge in [-0.3, -0.25) is 0 Å². The van der Waals surface area contributed by atoms with Crippen LogP contribution in [0.3, 0.4) is 0 Å². The highest BCUT2D eigenvalue weighted by Crippen LogP contribution is 2.28. The number of anilines is 1. The molecule has 2 heterocycles. The van der Waals surface area contributed by atoms with Crippen molar-refractivity contribution in [3.8, 4) is 5.88 Å². The van der Waals surface area contributed by atoms with Gasteiger partial charge in [0.1, 0.15) is 18.5 Å². The van der Waals surface area contributed by atoms with Crippen molar-refractivity contribution in [3.63, 3.8) is 0 Å². The molecule has 1 fully saturated rings. The maximum absolute atomic E-state index is 5.68. The Labute approximate surface area is 132 Å². The van der Waals surface area contributed by atoms with E-state index in [2.05, 4.69) is 29.1 Å². The molecule has 0 aliphatic carbocycles. The summed E-state index contributed by atoms with van der Waals surface area (Å²) in [5.41, 5.74) is 0. The van der Waals surface area contributed by atoms with E-state index in [1.165, 1.54) is 0 Å². The lowest BCUT2D eigenvalue weighted by Crippen LogP contribution is -2.12. The molecule has 0 bridgehead atoms. The Kier molecular flexibility index (Phi) is 6.86. The van der Waals surface area contributed by atoms with Gasteiger partial charge in [-0.15, -0.1) is 0 Å². The van der Waals surface area contributed by atoms with E-state index in [4.69, 9.17) is 14.2 Å². The highest BCUT2D eigenvalue weighted by molar-refractivity contribution is 5.38. The van der Waals surface area contributed by atoms with Crippen LogP contribution in [0.25, 0.3) is 0 Å². The molecule has 2 rings (SSSR count). The fourth-order valence-electron chi connectivity index (χ4n) is 2.25. The van der Waals surface area contributed by atoms with Gasteiger partial charge in [0.25, 0.3) is 0 Å². The maximum Gasteiger partial charge on any atom is 0.218 e. The zero-order chi connectivity index (χ0) is 15.8. The van der Waals surface area contributed by atoms with Crippen molar-refractivity contribution in [2.24, 2.45) is 5.92 Å². The van der Waals surface area contributed by atoms with E-state index in [0.717, 1.165) is 38.2 Å². The van der Waals surface area contributed by atoms with Gasteiger partial charge < -0.3 is 19.5 Å². The van der Waals surface area contributed by atoms with Gasteiger partial charge in [0, 0.05) is 26.3 Å². The van der Waals surface area contributed by atoms with Gasteiger partial charge in [-0.05, 0) is 25.2 Å². The van der Waals surface area contributed by atoms with Crippen molar-refractivity contribution in [1.29, 1.82) is 0 Å². The number of rotatable bonds is 9. The smallest absolute Gasteiger partial charge is 0.218 e. The molecule has 0 aromatic carbocycles. The minimum Gasteiger partial charge on any atom is -0.475 e. The molecule has 1 aromatic rings. The molecule has 6 nitrogen and oxygen atoms in total. The summed E-state index contributed by atoms with van der Waals surface area (Å²) in [6, 6.07) is 1.84. The zero-order valence-corrected chi connectivity index (χ0v) is 13.8. The zero-order valence-electron chi connectivity index (χ0n) is 13.8. The first-order chi connectivity index (χ1) is 10.7. The first-order valence-corrected chi connectivity index (χ1v) is 8.05. The van der Waals surface area contributed by atoms with Gasteiger partial charge in [-0.2, -0.15) is 4.98 Å². The van der Waals surface area contributed by atoms with Gasteiger partial charge in [0.15, 0.2) is 5.82 Å². The Bertz CT molecular complexity index is 448. The van der Waals surface area contributed by atoms with Crippen LogP contribution < -0.4 is 10.1 Å². The number of methoxy groups -OCH3 is 1. The summed E-state index contributed by atoms with van der Waals surface area (Å²) in [6.07, 6.45) is 3.10. The van der Waals surface area contributed by atoms with Crippen LogP contribution in [-0.4, -0.2) is 43.4 Å². The Morgan fingerprint density at radius 2 is 2.23 bits per heavy atom. The third-order valence-electron chi connectivity index (χ3n) is 3.50. The molecule has 22 heavy (non-hydrogen) atoms. The molecule has 1 aromatic heterocycles. The van der Waals surface area contributed by atoms with Gasteiger partial charge in [0.05, 0.1) is 6.61 Å². The standard InChI is InChI=1S/C16H27N3O3/c1-12(2)6-7-17-14-11-15(22-10-9-20-3)19-16(18-14)13-5-4-8-21-13/h11-13H,4-10H2,1-3H3,(H,17,18,19). The summed E-state index contributed by atoms with van der Waals surface area (Å²) in [5, 5.41) is 3.35. The minimum absolute atomic E-state index is 0.0170. The average Bonchev–Trinajstić information content (AvgIpc) is 3.01. The summed E-state index contributed by atoms with van der Waals surface area (Å²) >= 11 is 0. The van der Waals surface area contributed by atoms with E-state index in [1.54, 1.807) is 7.11 Å². The summed E-state index contributed by atoms with van der Waals surface area (Å²) in [7, 11) is 1.65. The number of aromatic nitrogens is 2. The third-order valence-corrected chi connectivity index (χ3v) is 3.50. The lowest BCUT2D eigenvalue weighted by Gasteiger charge is -2.14. The van der Waals surface area contributed by atoms with Crippen LogP contribution in [0.15, 0.2) is 6.07 Å². The fraction of sp³-hybridized carbons (Fsp3) is 0.750. The second-order valence-corrected chi connectivity index (χ2v) is 5.90.